The predicted octanol–water partition coefficient (Wildman–Crippen LogP) is 9.78. The highest BCUT2D eigenvalue weighted by atomic mass is 15.2. The number of benzene rings is 4. The Morgan fingerprint density at radius 1 is 0.739 bits per heavy atom. The van der Waals surface area contributed by atoms with Crippen molar-refractivity contribution in [2.45, 2.75) is 64.7 Å². The lowest BCUT2D eigenvalue weighted by Gasteiger charge is -2.55. The van der Waals surface area contributed by atoms with Crippen LogP contribution in [0.25, 0.3) is 23.2 Å². The van der Waals surface area contributed by atoms with E-state index in [0.29, 0.717) is 5.56 Å². The zero-order chi connectivity index (χ0) is 32.3. The van der Waals surface area contributed by atoms with Crippen molar-refractivity contribution in [3.8, 4) is 23.1 Å². The van der Waals surface area contributed by atoms with Gasteiger partial charge in [0.05, 0.1) is 40.1 Å². The highest BCUT2D eigenvalue weighted by molar-refractivity contribution is 5.99. The summed E-state index contributed by atoms with van der Waals surface area (Å²) >= 11 is 0. The number of aromatic nitrogens is 2. The monoisotopic (exact) mass is 599 g/mol. The molecule has 3 aliphatic heterocycles. The Labute approximate surface area is 271 Å². The van der Waals surface area contributed by atoms with E-state index in [1.54, 1.807) is 6.20 Å². The number of nitrogens with zero attached hydrogens (tertiary/aromatic N) is 5. The van der Waals surface area contributed by atoms with Gasteiger partial charge in [-0.1, -0.05) is 77.9 Å². The average Bonchev–Trinajstić information content (AvgIpc) is 3.38. The van der Waals surface area contributed by atoms with Crippen LogP contribution in [0.4, 0.5) is 17.1 Å². The van der Waals surface area contributed by atoms with Gasteiger partial charge in [0.2, 0.25) is 0 Å². The van der Waals surface area contributed by atoms with E-state index in [1.807, 2.05) is 37.3 Å². The molecule has 0 atom stereocenters. The number of nitriles is 1. The van der Waals surface area contributed by atoms with Crippen molar-refractivity contribution in [2.24, 2.45) is 4.99 Å². The average molecular weight is 600 g/mol. The van der Waals surface area contributed by atoms with E-state index >= 15 is 0 Å². The molecule has 5 heteroatoms. The van der Waals surface area contributed by atoms with E-state index in [1.165, 1.54) is 50.4 Å². The molecule has 4 aromatic carbocycles. The van der Waals surface area contributed by atoms with E-state index in [0.717, 1.165) is 28.5 Å². The van der Waals surface area contributed by atoms with Crippen LogP contribution in [0, 0.1) is 18.3 Å². The predicted molar refractivity (Wildman–Crippen MR) is 188 cm³/mol. The fourth-order valence-corrected chi connectivity index (χ4v) is 8.31. The van der Waals surface area contributed by atoms with Gasteiger partial charge in [0.25, 0.3) is 0 Å². The van der Waals surface area contributed by atoms with Crippen molar-refractivity contribution < 1.29 is 0 Å². The van der Waals surface area contributed by atoms with Gasteiger partial charge >= 0.3 is 0 Å². The summed E-state index contributed by atoms with van der Waals surface area (Å²) in [5, 5.41) is 9.49. The Morgan fingerprint density at radius 3 is 1.70 bits per heavy atom. The molecule has 3 aliphatic rings. The Morgan fingerprint density at radius 2 is 1.22 bits per heavy atom. The molecule has 0 aliphatic carbocycles. The summed E-state index contributed by atoms with van der Waals surface area (Å²) in [7, 11) is 0. The van der Waals surface area contributed by atoms with Crippen molar-refractivity contribution in [3.05, 3.63) is 129 Å². The van der Waals surface area contributed by atoms with E-state index in [9.17, 15) is 5.26 Å². The number of aryl methyl sites for hydroxylation is 1. The van der Waals surface area contributed by atoms with Crippen molar-refractivity contribution in [3.63, 3.8) is 0 Å². The zero-order valence-electron chi connectivity index (χ0n) is 27.5. The maximum Gasteiger partial charge on any atom is 0.145 e. The minimum Gasteiger partial charge on any atom is -0.309 e. The number of anilines is 3. The van der Waals surface area contributed by atoms with Crippen LogP contribution in [0.15, 0.2) is 84.0 Å². The Balaban J connectivity index is 1.48. The summed E-state index contributed by atoms with van der Waals surface area (Å²) in [6.45, 7) is 19.9. The molecular formula is C41H37N5. The van der Waals surface area contributed by atoms with Gasteiger partial charge in [-0.2, -0.15) is 5.26 Å². The minimum absolute atomic E-state index is 0.123. The van der Waals surface area contributed by atoms with Crippen LogP contribution >= 0.6 is 0 Å². The summed E-state index contributed by atoms with van der Waals surface area (Å²) in [5.74, 6) is 0.857. The van der Waals surface area contributed by atoms with E-state index < -0.39 is 0 Å². The second-order valence-electron chi connectivity index (χ2n) is 14.4. The first kappa shape index (κ1) is 28.3. The van der Waals surface area contributed by atoms with Crippen LogP contribution in [-0.4, -0.2) is 16.3 Å². The Hall–Kier alpha value is -5.21. The van der Waals surface area contributed by atoms with Crippen LogP contribution in [-0.2, 0) is 16.2 Å². The lowest BCUT2D eigenvalue weighted by molar-refractivity contribution is 0.567. The van der Waals surface area contributed by atoms with E-state index in [2.05, 4.69) is 117 Å². The van der Waals surface area contributed by atoms with Crippen molar-refractivity contribution in [1.82, 2.24) is 9.55 Å². The van der Waals surface area contributed by atoms with Gasteiger partial charge < -0.3 is 4.90 Å². The summed E-state index contributed by atoms with van der Waals surface area (Å²) < 4.78 is 2.18. The zero-order valence-corrected chi connectivity index (χ0v) is 27.5. The molecule has 0 fully saturated rings. The standard InChI is InChI=1S/C41H37N5/c1-24-34(19-20-43-8)45(27-17-15-25(23-42)16-18-27)38(44-24)26-21-32-37-33(22-26)41(6,7)31-14-10-12-29-36(31)46(37)35-28(39(29,2)3)11-9-13-30(35)40(32,4)5/h9-22H,8H2,1-7H3/b20-19-. The summed E-state index contributed by atoms with van der Waals surface area (Å²) in [6.07, 6.45) is 3.66. The maximum atomic E-state index is 9.49. The lowest BCUT2D eigenvalue weighted by Crippen LogP contribution is -2.43. The second-order valence-corrected chi connectivity index (χ2v) is 14.4. The third kappa shape index (κ3) is 3.45. The molecule has 0 saturated carbocycles. The SMILES string of the molecule is C=N/C=C\c1c(C)nc(-c2cc3c4c(c2)C(C)(C)c2cccc5c2N4c2c(cccc2C3(C)C)C5(C)C)n1-c1ccc(C#N)cc1. The number of imidazole rings is 1. The number of aliphatic imine (C=N–C) groups is 1. The van der Waals surface area contributed by atoms with Crippen molar-refractivity contribution in [2.75, 3.05) is 4.90 Å². The first-order valence-electron chi connectivity index (χ1n) is 15.9. The van der Waals surface area contributed by atoms with Gasteiger partial charge in [0.1, 0.15) is 5.82 Å². The molecule has 5 nitrogen and oxygen atoms in total. The van der Waals surface area contributed by atoms with Crippen molar-refractivity contribution in [1.29, 1.82) is 5.26 Å². The molecular weight excluding hydrogens is 562 g/mol. The maximum absolute atomic E-state index is 9.49. The van der Waals surface area contributed by atoms with Crippen LogP contribution < -0.4 is 4.90 Å². The number of hydrogen-bond acceptors (Lipinski definition) is 4. The van der Waals surface area contributed by atoms with Gasteiger partial charge in [0.15, 0.2) is 0 Å². The van der Waals surface area contributed by atoms with Crippen LogP contribution in [0.3, 0.4) is 0 Å². The smallest absolute Gasteiger partial charge is 0.145 e. The third-order valence-corrected chi connectivity index (χ3v) is 10.8. The van der Waals surface area contributed by atoms with Gasteiger partial charge in [-0.05, 0) is 89.5 Å². The van der Waals surface area contributed by atoms with Gasteiger partial charge in [0, 0.05) is 33.7 Å². The molecule has 0 N–H and O–H groups in total. The molecule has 0 unspecified atom stereocenters. The molecule has 4 heterocycles. The fraction of sp³-hybridized carbons (Fsp3) is 0.244. The fourth-order valence-electron chi connectivity index (χ4n) is 8.31. The number of para-hydroxylation sites is 2. The van der Waals surface area contributed by atoms with Gasteiger partial charge in [-0.15, -0.1) is 0 Å². The van der Waals surface area contributed by atoms with Crippen molar-refractivity contribution >= 4 is 29.9 Å². The molecule has 0 radical (unpaired) electrons. The molecule has 0 bridgehead atoms. The molecule has 226 valence electrons. The normalized spacial score (nSPS) is 17.0. The number of hydrogen-bond donors (Lipinski definition) is 0. The van der Waals surface area contributed by atoms with Gasteiger partial charge in [-0.3, -0.25) is 9.56 Å². The topological polar surface area (TPSA) is 57.2 Å². The molecule has 1 aromatic heterocycles. The molecule has 8 rings (SSSR count). The Bertz CT molecular complexity index is 2130. The molecule has 0 amide bonds. The highest BCUT2D eigenvalue weighted by Gasteiger charge is 2.51. The van der Waals surface area contributed by atoms with E-state index in [-0.39, 0.29) is 16.2 Å². The van der Waals surface area contributed by atoms with Crippen LogP contribution in [0.5, 0.6) is 0 Å². The minimum atomic E-state index is -0.256. The molecule has 5 aromatic rings. The quantitative estimate of drug-likeness (QED) is 0.193. The second kappa shape index (κ2) is 9.17. The van der Waals surface area contributed by atoms with Crippen LogP contribution in [0.2, 0.25) is 0 Å². The van der Waals surface area contributed by atoms with Crippen LogP contribution in [0.1, 0.15) is 91.9 Å². The lowest BCUT2D eigenvalue weighted by atomic mass is 9.60. The Kier molecular flexibility index (Phi) is 5.64. The largest absolute Gasteiger partial charge is 0.309 e. The third-order valence-electron chi connectivity index (χ3n) is 10.8. The molecule has 0 saturated heterocycles. The highest BCUT2D eigenvalue weighted by Crippen LogP contribution is 2.66. The molecule has 0 spiro atoms. The summed E-state index contributed by atoms with van der Waals surface area (Å²) in [4.78, 5) is 11.8. The van der Waals surface area contributed by atoms with Gasteiger partial charge in [-0.25, -0.2) is 4.98 Å². The van der Waals surface area contributed by atoms with E-state index in [4.69, 9.17) is 4.98 Å². The number of rotatable bonds is 4. The summed E-state index contributed by atoms with van der Waals surface area (Å²) in [6, 6.07) is 28.5. The first-order chi connectivity index (χ1) is 21.9. The molecule has 46 heavy (non-hydrogen) atoms. The first-order valence-corrected chi connectivity index (χ1v) is 15.9. The summed E-state index contributed by atoms with van der Waals surface area (Å²) in [5.41, 5.74) is 15.8.